The summed E-state index contributed by atoms with van der Waals surface area (Å²) in [5.41, 5.74) is 2.18. The predicted octanol–water partition coefficient (Wildman–Crippen LogP) is 0.554. The van der Waals surface area contributed by atoms with E-state index in [2.05, 4.69) is 32.5 Å². The predicted molar refractivity (Wildman–Crippen MR) is 89.0 cm³/mol. The highest BCUT2D eigenvalue weighted by atomic mass is 16.2. The van der Waals surface area contributed by atoms with Gasteiger partial charge in [-0.25, -0.2) is 0 Å². The highest BCUT2D eigenvalue weighted by Gasteiger charge is 2.23. The van der Waals surface area contributed by atoms with Gasteiger partial charge in [0, 0.05) is 57.3 Å². The third-order valence-corrected chi connectivity index (χ3v) is 4.23. The van der Waals surface area contributed by atoms with Crippen LogP contribution < -0.4 is 10.6 Å². The molecule has 2 heterocycles. The Morgan fingerprint density at radius 3 is 2.73 bits per heavy atom. The molecule has 1 aliphatic rings. The summed E-state index contributed by atoms with van der Waals surface area (Å²) in [5.74, 6) is 0.109. The summed E-state index contributed by atoms with van der Waals surface area (Å²) in [6.07, 6.45) is 3.60. The third-order valence-electron chi connectivity index (χ3n) is 4.23. The number of nitrogens with zero attached hydrogens (tertiary/aromatic N) is 3. The molecule has 1 aromatic rings. The first-order valence-corrected chi connectivity index (χ1v) is 7.92. The maximum Gasteiger partial charge on any atom is 0.237 e. The lowest BCUT2D eigenvalue weighted by Crippen LogP contribution is -2.53. The standard InChI is InChI=1S/C16H27N5O/c1-13-12-17-5-4-15(13)18-6-7-19-16(22)14(2)21-10-8-20(3)9-11-21/h4-5,12,14H,6-11H2,1-3H3,(H,17,18)(H,19,22). The molecule has 22 heavy (non-hydrogen) atoms. The molecule has 1 aliphatic heterocycles. The summed E-state index contributed by atoms with van der Waals surface area (Å²) in [6.45, 7) is 9.31. The molecule has 0 radical (unpaired) electrons. The number of carbonyl (C=O) groups is 1. The molecule has 1 saturated heterocycles. The van der Waals surface area contributed by atoms with Crippen LogP contribution in [0.5, 0.6) is 0 Å². The van der Waals surface area contributed by atoms with Crippen LogP contribution in [0.15, 0.2) is 18.5 Å². The van der Waals surface area contributed by atoms with Crippen molar-refractivity contribution in [1.82, 2.24) is 20.1 Å². The number of aryl methyl sites for hydroxylation is 1. The van der Waals surface area contributed by atoms with E-state index in [4.69, 9.17) is 0 Å². The van der Waals surface area contributed by atoms with Crippen LogP contribution in [-0.4, -0.2) is 73.0 Å². The number of nitrogens with one attached hydrogen (secondary N) is 2. The van der Waals surface area contributed by atoms with Gasteiger partial charge in [0.25, 0.3) is 0 Å². The average Bonchev–Trinajstić information content (AvgIpc) is 2.53. The molecule has 6 nitrogen and oxygen atoms in total. The van der Waals surface area contributed by atoms with E-state index in [1.165, 1.54) is 0 Å². The molecule has 6 heteroatoms. The van der Waals surface area contributed by atoms with E-state index in [0.717, 1.165) is 37.4 Å². The van der Waals surface area contributed by atoms with Gasteiger partial charge in [0.1, 0.15) is 0 Å². The fraction of sp³-hybridized carbons (Fsp3) is 0.625. The van der Waals surface area contributed by atoms with Gasteiger partial charge in [-0.1, -0.05) is 0 Å². The first-order valence-electron chi connectivity index (χ1n) is 7.92. The van der Waals surface area contributed by atoms with E-state index >= 15 is 0 Å². The molecule has 1 fully saturated rings. The molecule has 0 bridgehead atoms. The zero-order valence-electron chi connectivity index (χ0n) is 13.8. The van der Waals surface area contributed by atoms with Crippen molar-refractivity contribution < 1.29 is 4.79 Å². The minimum atomic E-state index is -0.0589. The smallest absolute Gasteiger partial charge is 0.237 e. The lowest BCUT2D eigenvalue weighted by Gasteiger charge is -2.35. The fourth-order valence-electron chi connectivity index (χ4n) is 2.58. The van der Waals surface area contributed by atoms with Crippen molar-refractivity contribution in [2.75, 3.05) is 51.6 Å². The maximum absolute atomic E-state index is 12.2. The van der Waals surface area contributed by atoms with E-state index < -0.39 is 0 Å². The number of carbonyl (C=O) groups excluding carboxylic acids is 1. The number of rotatable bonds is 6. The zero-order valence-corrected chi connectivity index (χ0v) is 13.8. The van der Waals surface area contributed by atoms with E-state index in [-0.39, 0.29) is 11.9 Å². The lowest BCUT2D eigenvalue weighted by molar-refractivity contribution is -0.126. The topological polar surface area (TPSA) is 60.5 Å². The van der Waals surface area contributed by atoms with Gasteiger partial charge in [0.05, 0.1) is 6.04 Å². The Morgan fingerprint density at radius 2 is 2.05 bits per heavy atom. The number of anilines is 1. The molecule has 2 rings (SSSR count). The molecule has 0 aromatic carbocycles. The van der Waals surface area contributed by atoms with Crippen molar-refractivity contribution in [3.05, 3.63) is 24.0 Å². The number of aromatic nitrogens is 1. The molecular formula is C16H27N5O. The molecule has 0 aliphatic carbocycles. The van der Waals surface area contributed by atoms with Gasteiger partial charge in [-0.2, -0.15) is 0 Å². The van der Waals surface area contributed by atoms with E-state index in [9.17, 15) is 4.79 Å². The zero-order chi connectivity index (χ0) is 15.9. The molecular weight excluding hydrogens is 278 g/mol. The number of hydrogen-bond acceptors (Lipinski definition) is 5. The second-order valence-corrected chi connectivity index (χ2v) is 5.92. The van der Waals surface area contributed by atoms with Gasteiger partial charge in [-0.05, 0) is 32.5 Å². The van der Waals surface area contributed by atoms with Crippen LogP contribution in [0.25, 0.3) is 0 Å². The lowest BCUT2D eigenvalue weighted by atomic mass is 10.2. The normalized spacial score (nSPS) is 18.0. The molecule has 2 N–H and O–H groups in total. The Kier molecular flexibility index (Phi) is 6.15. The molecule has 1 unspecified atom stereocenters. The number of piperazine rings is 1. The fourth-order valence-corrected chi connectivity index (χ4v) is 2.58. The maximum atomic E-state index is 12.2. The van der Waals surface area contributed by atoms with Crippen molar-refractivity contribution >= 4 is 11.6 Å². The summed E-state index contributed by atoms with van der Waals surface area (Å²) < 4.78 is 0. The molecule has 1 aromatic heterocycles. The van der Waals surface area contributed by atoms with Gasteiger partial charge < -0.3 is 15.5 Å². The van der Waals surface area contributed by atoms with E-state index in [0.29, 0.717) is 13.1 Å². The van der Waals surface area contributed by atoms with Gasteiger partial charge in [0.2, 0.25) is 5.91 Å². The van der Waals surface area contributed by atoms with Crippen molar-refractivity contribution in [2.24, 2.45) is 0 Å². The number of pyridine rings is 1. The van der Waals surface area contributed by atoms with Crippen molar-refractivity contribution in [3.63, 3.8) is 0 Å². The summed E-state index contributed by atoms with van der Waals surface area (Å²) in [7, 11) is 2.12. The molecule has 1 amide bonds. The van der Waals surface area contributed by atoms with Crippen LogP contribution in [0.3, 0.4) is 0 Å². The van der Waals surface area contributed by atoms with Gasteiger partial charge >= 0.3 is 0 Å². The first-order chi connectivity index (χ1) is 10.6. The number of hydrogen-bond donors (Lipinski definition) is 2. The van der Waals surface area contributed by atoms with Crippen molar-refractivity contribution in [3.8, 4) is 0 Å². The van der Waals surface area contributed by atoms with Gasteiger partial charge in [0.15, 0.2) is 0 Å². The van der Waals surface area contributed by atoms with Crippen LogP contribution in [-0.2, 0) is 4.79 Å². The first kappa shape index (κ1) is 16.7. The second-order valence-electron chi connectivity index (χ2n) is 5.92. The van der Waals surface area contributed by atoms with Crippen LogP contribution >= 0.6 is 0 Å². The van der Waals surface area contributed by atoms with Gasteiger partial charge in [-0.3, -0.25) is 14.7 Å². The average molecular weight is 305 g/mol. The summed E-state index contributed by atoms with van der Waals surface area (Å²) >= 11 is 0. The van der Waals surface area contributed by atoms with Crippen LogP contribution in [0.4, 0.5) is 5.69 Å². The van der Waals surface area contributed by atoms with E-state index in [1.54, 1.807) is 6.20 Å². The largest absolute Gasteiger partial charge is 0.383 e. The Bertz CT molecular complexity index is 485. The molecule has 0 spiro atoms. The third kappa shape index (κ3) is 4.68. The van der Waals surface area contributed by atoms with Crippen LogP contribution in [0.1, 0.15) is 12.5 Å². The van der Waals surface area contributed by atoms with E-state index in [1.807, 2.05) is 26.1 Å². The quantitative estimate of drug-likeness (QED) is 0.752. The monoisotopic (exact) mass is 305 g/mol. The van der Waals surface area contributed by atoms with Crippen molar-refractivity contribution in [2.45, 2.75) is 19.9 Å². The van der Waals surface area contributed by atoms with Crippen LogP contribution in [0.2, 0.25) is 0 Å². The highest BCUT2D eigenvalue weighted by Crippen LogP contribution is 2.10. The minimum Gasteiger partial charge on any atom is -0.383 e. The summed E-state index contributed by atoms with van der Waals surface area (Å²) in [5, 5.41) is 6.33. The molecule has 0 saturated carbocycles. The SMILES string of the molecule is Cc1cnccc1NCCNC(=O)C(C)N1CCN(C)CC1. The van der Waals surface area contributed by atoms with Crippen LogP contribution in [0, 0.1) is 6.92 Å². The Hall–Kier alpha value is -1.66. The summed E-state index contributed by atoms with van der Waals surface area (Å²) in [4.78, 5) is 20.8. The Balaban J connectivity index is 1.68. The molecule has 122 valence electrons. The Morgan fingerprint density at radius 1 is 1.32 bits per heavy atom. The number of likely N-dealkylation sites (N-methyl/N-ethyl adjacent to an activating group) is 1. The number of amides is 1. The second kappa shape index (κ2) is 8.10. The van der Waals surface area contributed by atoms with Crippen molar-refractivity contribution in [1.29, 1.82) is 0 Å². The van der Waals surface area contributed by atoms with Gasteiger partial charge in [-0.15, -0.1) is 0 Å². The Labute approximate surface area is 132 Å². The molecule has 1 atom stereocenters. The minimum absolute atomic E-state index is 0.0589. The summed E-state index contributed by atoms with van der Waals surface area (Å²) in [6, 6.07) is 1.89. The highest BCUT2D eigenvalue weighted by molar-refractivity contribution is 5.81.